The van der Waals surface area contributed by atoms with E-state index < -0.39 is 10.8 Å². The maximum atomic E-state index is 13.8. The Hall–Kier alpha value is -2.74. The summed E-state index contributed by atoms with van der Waals surface area (Å²) >= 11 is 0. The highest BCUT2D eigenvalue weighted by molar-refractivity contribution is 6.04. The topological polar surface area (TPSA) is 58.7 Å². The molecule has 1 aromatic heterocycles. The van der Waals surface area contributed by atoms with Gasteiger partial charge in [-0.25, -0.2) is 4.39 Å². The zero-order chi connectivity index (χ0) is 19.6. The van der Waals surface area contributed by atoms with Crippen molar-refractivity contribution in [2.75, 3.05) is 0 Å². The number of aromatic nitrogens is 2. The van der Waals surface area contributed by atoms with Gasteiger partial charge in [0.15, 0.2) is 5.78 Å². The van der Waals surface area contributed by atoms with E-state index in [1.165, 1.54) is 12.1 Å². The van der Waals surface area contributed by atoms with Crippen molar-refractivity contribution >= 4 is 5.78 Å². The van der Waals surface area contributed by atoms with Crippen LogP contribution >= 0.6 is 0 Å². The lowest BCUT2D eigenvalue weighted by Gasteiger charge is -2.49. The molecule has 138 valence electrons. The van der Waals surface area contributed by atoms with Crippen LogP contribution in [0.15, 0.2) is 35.9 Å². The van der Waals surface area contributed by atoms with Crippen LogP contribution in [0.4, 0.5) is 4.39 Å². The first-order chi connectivity index (χ1) is 12.7. The van der Waals surface area contributed by atoms with E-state index >= 15 is 0 Å². The summed E-state index contributed by atoms with van der Waals surface area (Å²) in [4.78, 5) is 12.8. The quantitative estimate of drug-likeness (QED) is 0.766. The van der Waals surface area contributed by atoms with Gasteiger partial charge in [0.05, 0.1) is 17.0 Å². The van der Waals surface area contributed by atoms with Gasteiger partial charge in [-0.05, 0) is 30.9 Å². The molecule has 2 unspecified atom stereocenters. The average molecular weight is 363 g/mol. The van der Waals surface area contributed by atoms with Gasteiger partial charge in [0.25, 0.3) is 0 Å². The lowest BCUT2D eigenvalue weighted by atomic mass is 9.52. The minimum Gasteiger partial charge on any atom is -0.293 e. The zero-order valence-corrected chi connectivity index (χ0v) is 16.0. The molecule has 0 bridgehead atoms. The average Bonchev–Trinajstić information content (AvgIpc) is 2.96. The normalized spacial score (nSPS) is 26.0. The van der Waals surface area contributed by atoms with Crippen LogP contribution < -0.4 is 0 Å². The lowest BCUT2D eigenvalue weighted by molar-refractivity contribution is -0.128. The number of rotatable bonds is 1. The summed E-state index contributed by atoms with van der Waals surface area (Å²) in [5.74, 6) is -0.298. The number of ketones is 1. The number of nitriles is 1. The Labute approximate surface area is 158 Å². The molecule has 0 fully saturated rings. The van der Waals surface area contributed by atoms with Gasteiger partial charge in [-0.15, -0.1) is 0 Å². The van der Waals surface area contributed by atoms with E-state index in [1.807, 2.05) is 33.0 Å². The Kier molecular flexibility index (Phi) is 3.68. The first-order valence-corrected chi connectivity index (χ1v) is 9.20. The minimum absolute atomic E-state index is 0.0670. The SMILES string of the molecule is Cn1nc2c(c1-c1cccc(F)c1)CCC1C(C)(C)C(=O)C(C#N)=CC21C. The number of nitrogens with zero attached hydrogens (tertiary/aromatic N) is 3. The van der Waals surface area contributed by atoms with Gasteiger partial charge < -0.3 is 0 Å². The van der Waals surface area contributed by atoms with Gasteiger partial charge in [0.2, 0.25) is 0 Å². The molecular weight excluding hydrogens is 341 g/mol. The smallest absolute Gasteiger partial charge is 0.178 e. The van der Waals surface area contributed by atoms with Crippen molar-refractivity contribution in [2.45, 2.75) is 39.0 Å². The molecule has 0 radical (unpaired) electrons. The zero-order valence-electron chi connectivity index (χ0n) is 16.0. The maximum Gasteiger partial charge on any atom is 0.178 e. The second-order valence-corrected chi connectivity index (χ2v) is 8.40. The lowest BCUT2D eigenvalue weighted by Crippen LogP contribution is -2.51. The molecule has 2 aliphatic carbocycles. The number of Topliss-reactive ketones (excluding diaryl/α,β-unsaturated/α-hetero) is 1. The monoisotopic (exact) mass is 363 g/mol. The van der Waals surface area contributed by atoms with Crippen LogP contribution in [0, 0.1) is 28.5 Å². The number of allylic oxidation sites excluding steroid dienone is 2. The van der Waals surface area contributed by atoms with E-state index in [9.17, 15) is 14.4 Å². The van der Waals surface area contributed by atoms with E-state index in [0.717, 1.165) is 35.4 Å². The largest absolute Gasteiger partial charge is 0.293 e. The van der Waals surface area contributed by atoms with Crippen molar-refractivity contribution in [2.24, 2.45) is 18.4 Å². The van der Waals surface area contributed by atoms with Crippen LogP contribution in [0.3, 0.4) is 0 Å². The molecule has 0 spiro atoms. The number of carbonyl (C=O) groups is 1. The van der Waals surface area contributed by atoms with Crippen molar-refractivity contribution < 1.29 is 9.18 Å². The maximum absolute atomic E-state index is 13.8. The Balaban J connectivity index is 1.96. The third-order valence-electron chi connectivity index (χ3n) is 6.43. The molecule has 1 aromatic carbocycles. The van der Waals surface area contributed by atoms with Crippen molar-refractivity contribution in [3.05, 3.63) is 53.0 Å². The van der Waals surface area contributed by atoms with Crippen LogP contribution in [-0.4, -0.2) is 15.6 Å². The third-order valence-corrected chi connectivity index (χ3v) is 6.43. The first-order valence-electron chi connectivity index (χ1n) is 9.20. The van der Waals surface area contributed by atoms with E-state index in [1.54, 1.807) is 10.7 Å². The van der Waals surface area contributed by atoms with Crippen molar-refractivity contribution in [3.8, 4) is 17.3 Å². The summed E-state index contributed by atoms with van der Waals surface area (Å²) in [5.41, 5.74) is 2.77. The highest BCUT2D eigenvalue weighted by Crippen LogP contribution is 2.55. The molecule has 5 heteroatoms. The summed E-state index contributed by atoms with van der Waals surface area (Å²) < 4.78 is 15.6. The van der Waals surface area contributed by atoms with Gasteiger partial charge in [-0.1, -0.05) is 39.0 Å². The Morgan fingerprint density at radius 3 is 2.74 bits per heavy atom. The van der Waals surface area contributed by atoms with Crippen molar-refractivity contribution in [3.63, 3.8) is 0 Å². The predicted molar refractivity (Wildman–Crippen MR) is 100 cm³/mol. The van der Waals surface area contributed by atoms with E-state index in [-0.39, 0.29) is 23.1 Å². The Bertz CT molecular complexity index is 1040. The summed E-state index contributed by atoms with van der Waals surface area (Å²) in [7, 11) is 1.87. The van der Waals surface area contributed by atoms with Gasteiger partial charge in [0, 0.05) is 29.0 Å². The van der Waals surface area contributed by atoms with E-state index in [2.05, 4.69) is 13.0 Å². The Morgan fingerprint density at radius 2 is 2.07 bits per heavy atom. The fraction of sp³-hybridized carbons (Fsp3) is 0.409. The molecule has 0 N–H and O–H groups in total. The van der Waals surface area contributed by atoms with Crippen molar-refractivity contribution in [1.29, 1.82) is 5.26 Å². The number of hydrogen-bond donors (Lipinski definition) is 0. The number of benzene rings is 1. The first kappa shape index (κ1) is 17.7. The summed E-state index contributed by atoms with van der Waals surface area (Å²) in [6, 6.07) is 8.63. The van der Waals surface area contributed by atoms with Gasteiger partial charge in [-0.2, -0.15) is 10.4 Å². The van der Waals surface area contributed by atoms with Crippen molar-refractivity contribution in [1.82, 2.24) is 9.78 Å². The summed E-state index contributed by atoms with van der Waals surface area (Å²) in [6.07, 6.45) is 3.42. The van der Waals surface area contributed by atoms with E-state index in [4.69, 9.17) is 5.10 Å². The number of hydrogen-bond acceptors (Lipinski definition) is 3. The fourth-order valence-electron chi connectivity index (χ4n) is 5.22. The van der Waals surface area contributed by atoms with Crippen LogP contribution in [0.1, 0.15) is 38.4 Å². The predicted octanol–water partition coefficient (Wildman–Crippen LogP) is 4.11. The number of halogens is 1. The summed E-state index contributed by atoms with van der Waals surface area (Å²) in [5, 5.41) is 14.3. The molecule has 0 saturated heterocycles. The van der Waals surface area contributed by atoms with Crippen LogP contribution in [-0.2, 0) is 23.7 Å². The third kappa shape index (κ3) is 2.32. The second kappa shape index (κ2) is 5.63. The fourth-order valence-corrected chi connectivity index (χ4v) is 5.22. The Morgan fingerprint density at radius 1 is 1.33 bits per heavy atom. The van der Waals surface area contributed by atoms with Crippen LogP contribution in [0.5, 0.6) is 0 Å². The van der Waals surface area contributed by atoms with Gasteiger partial charge in [-0.3, -0.25) is 9.48 Å². The van der Waals surface area contributed by atoms with E-state index in [0.29, 0.717) is 0 Å². The second-order valence-electron chi connectivity index (χ2n) is 8.40. The summed E-state index contributed by atoms with van der Waals surface area (Å²) in [6.45, 7) is 5.94. The number of fused-ring (bicyclic) bond motifs is 3. The van der Waals surface area contributed by atoms with Crippen LogP contribution in [0.25, 0.3) is 11.3 Å². The molecule has 4 nitrogen and oxygen atoms in total. The molecule has 1 heterocycles. The molecule has 0 aliphatic heterocycles. The van der Waals surface area contributed by atoms with Gasteiger partial charge in [0.1, 0.15) is 11.9 Å². The molecule has 2 aliphatic rings. The molecular formula is C22H22FN3O. The van der Waals surface area contributed by atoms with Crippen LogP contribution in [0.2, 0.25) is 0 Å². The molecule has 2 atom stereocenters. The van der Waals surface area contributed by atoms with Gasteiger partial charge >= 0.3 is 0 Å². The molecule has 4 rings (SSSR count). The number of carbonyl (C=O) groups excluding carboxylic acids is 1. The molecule has 2 aromatic rings. The molecule has 0 saturated carbocycles. The highest BCUT2D eigenvalue weighted by atomic mass is 19.1. The molecule has 0 amide bonds. The highest BCUT2D eigenvalue weighted by Gasteiger charge is 2.55. The standard InChI is InChI=1S/C22H22FN3O/c1-21(2)17-9-8-16-18(13-6-5-7-15(23)10-13)26(4)25-19(16)22(17,3)11-14(12-24)20(21)27/h5-7,10-11,17H,8-9H2,1-4H3. The molecule has 27 heavy (non-hydrogen) atoms. The minimum atomic E-state index is -0.622. The number of aryl methyl sites for hydroxylation is 1.